The summed E-state index contributed by atoms with van der Waals surface area (Å²) in [7, 11) is 0. The second-order valence-corrected chi connectivity index (χ2v) is 7.66. The van der Waals surface area contributed by atoms with Gasteiger partial charge in [0.25, 0.3) is 0 Å². The van der Waals surface area contributed by atoms with Gasteiger partial charge in [-0.1, -0.05) is 18.2 Å². The van der Waals surface area contributed by atoms with E-state index >= 15 is 0 Å². The molecule has 1 unspecified atom stereocenters. The number of aliphatic hydroxyl groups is 1. The van der Waals surface area contributed by atoms with Crippen LogP contribution >= 0.6 is 0 Å². The van der Waals surface area contributed by atoms with Crippen LogP contribution < -0.4 is 4.74 Å². The van der Waals surface area contributed by atoms with Crippen LogP contribution in [-0.2, 0) is 16.1 Å². The average Bonchev–Trinajstić information content (AvgIpc) is 3.03. The molecule has 2 aliphatic rings. The Labute approximate surface area is 159 Å². The lowest BCUT2D eigenvalue weighted by Crippen LogP contribution is -2.42. The third kappa shape index (κ3) is 4.42. The van der Waals surface area contributed by atoms with Gasteiger partial charge in [-0.25, -0.2) is 4.79 Å². The van der Waals surface area contributed by atoms with E-state index in [9.17, 15) is 14.7 Å². The first kappa shape index (κ1) is 19.6. The Bertz CT molecular complexity index is 661. The Morgan fingerprint density at radius 2 is 1.96 bits per heavy atom. The van der Waals surface area contributed by atoms with Crippen molar-refractivity contribution >= 4 is 11.9 Å². The molecule has 2 N–H and O–H groups in total. The number of nitrogens with zero attached hydrogens (tertiary/aromatic N) is 2. The molecular formula is C20H28N2O5. The van der Waals surface area contributed by atoms with E-state index in [-0.39, 0.29) is 24.5 Å². The minimum Gasteiger partial charge on any atom is -0.491 e. The van der Waals surface area contributed by atoms with Gasteiger partial charge >= 0.3 is 5.97 Å². The number of carbonyl (C=O) groups is 2. The summed E-state index contributed by atoms with van der Waals surface area (Å²) in [5.41, 5.74) is 1.00. The molecule has 3 rings (SSSR count). The lowest BCUT2D eigenvalue weighted by Gasteiger charge is -2.39. The van der Waals surface area contributed by atoms with E-state index in [1.54, 1.807) is 0 Å². The van der Waals surface area contributed by atoms with Gasteiger partial charge in [-0.3, -0.25) is 9.69 Å². The second kappa shape index (κ2) is 8.27. The SMILES string of the molecule is CC(=O)N1CC2(CCN(Cc3ccccc3OCCO)CC2)CC1C(=O)O. The number of likely N-dealkylation sites (tertiary alicyclic amines) is 2. The number of piperidine rings is 1. The van der Waals surface area contributed by atoms with E-state index in [0.29, 0.717) is 13.0 Å². The quantitative estimate of drug-likeness (QED) is 0.779. The predicted molar refractivity (Wildman–Crippen MR) is 99.4 cm³/mol. The first-order valence-electron chi connectivity index (χ1n) is 9.48. The molecule has 1 amide bonds. The van der Waals surface area contributed by atoms with E-state index in [1.807, 2.05) is 24.3 Å². The summed E-state index contributed by atoms with van der Waals surface area (Å²) in [5.74, 6) is -0.266. The summed E-state index contributed by atoms with van der Waals surface area (Å²) in [6.07, 6.45) is 2.33. The summed E-state index contributed by atoms with van der Waals surface area (Å²) >= 11 is 0. The number of carbonyl (C=O) groups excluding carboxylic acids is 1. The van der Waals surface area contributed by atoms with Crippen LogP contribution in [0.1, 0.15) is 31.7 Å². The third-order valence-corrected chi connectivity index (χ3v) is 5.83. The lowest BCUT2D eigenvalue weighted by atomic mass is 9.76. The zero-order valence-electron chi connectivity index (χ0n) is 15.8. The Hall–Kier alpha value is -2.12. The van der Waals surface area contributed by atoms with E-state index in [0.717, 1.165) is 43.8 Å². The van der Waals surface area contributed by atoms with Crippen molar-refractivity contribution in [1.82, 2.24) is 9.80 Å². The molecule has 2 heterocycles. The van der Waals surface area contributed by atoms with Crippen LogP contribution in [-0.4, -0.2) is 70.8 Å². The topological polar surface area (TPSA) is 90.3 Å². The van der Waals surface area contributed by atoms with Crippen LogP contribution in [0, 0.1) is 5.41 Å². The van der Waals surface area contributed by atoms with E-state index < -0.39 is 12.0 Å². The van der Waals surface area contributed by atoms with Gasteiger partial charge in [-0.2, -0.15) is 0 Å². The molecule has 2 fully saturated rings. The molecule has 7 heteroatoms. The highest BCUT2D eigenvalue weighted by Gasteiger charge is 2.49. The van der Waals surface area contributed by atoms with Gasteiger partial charge in [-0.05, 0) is 43.8 Å². The smallest absolute Gasteiger partial charge is 0.326 e. The fraction of sp³-hybridized carbons (Fsp3) is 0.600. The number of amides is 1. The van der Waals surface area contributed by atoms with Gasteiger partial charge in [0, 0.05) is 25.6 Å². The number of benzene rings is 1. The lowest BCUT2D eigenvalue weighted by molar-refractivity contribution is -0.147. The maximum atomic E-state index is 11.8. The molecule has 1 spiro atoms. The van der Waals surface area contributed by atoms with Gasteiger partial charge < -0.3 is 19.8 Å². The van der Waals surface area contributed by atoms with Gasteiger partial charge in [0.2, 0.25) is 5.91 Å². The highest BCUT2D eigenvalue weighted by Crippen LogP contribution is 2.43. The van der Waals surface area contributed by atoms with Crippen molar-refractivity contribution in [1.29, 1.82) is 0 Å². The molecule has 0 bridgehead atoms. The van der Waals surface area contributed by atoms with Crippen molar-refractivity contribution in [3.63, 3.8) is 0 Å². The first-order chi connectivity index (χ1) is 12.9. The molecular weight excluding hydrogens is 348 g/mol. The molecule has 1 aromatic rings. The highest BCUT2D eigenvalue weighted by atomic mass is 16.5. The molecule has 0 aliphatic carbocycles. The molecule has 27 heavy (non-hydrogen) atoms. The molecule has 0 saturated carbocycles. The Kier molecular flexibility index (Phi) is 6.01. The number of hydrogen-bond donors (Lipinski definition) is 2. The Morgan fingerprint density at radius 1 is 1.26 bits per heavy atom. The van der Waals surface area contributed by atoms with Gasteiger partial charge in [0.05, 0.1) is 6.61 Å². The minimum atomic E-state index is -0.903. The molecule has 0 radical (unpaired) electrons. The minimum absolute atomic E-state index is 0.0159. The van der Waals surface area contributed by atoms with Crippen LogP contribution in [0.15, 0.2) is 24.3 Å². The van der Waals surface area contributed by atoms with Crippen molar-refractivity contribution in [3.05, 3.63) is 29.8 Å². The van der Waals surface area contributed by atoms with Gasteiger partial charge in [0.1, 0.15) is 18.4 Å². The Balaban J connectivity index is 1.61. The molecule has 1 aromatic carbocycles. The summed E-state index contributed by atoms with van der Waals surface area (Å²) in [5, 5.41) is 18.4. The number of aliphatic hydroxyl groups excluding tert-OH is 1. The maximum absolute atomic E-state index is 11.8. The average molecular weight is 376 g/mol. The molecule has 7 nitrogen and oxygen atoms in total. The van der Waals surface area contributed by atoms with E-state index in [1.165, 1.54) is 11.8 Å². The molecule has 148 valence electrons. The van der Waals surface area contributed by atoms with Crippen LogP contribution in [0.5, 0.6) is 5.75 Å². The van der Waals surface area contributed by atoms with Gasteiger partial charge in [-0.15, -0.1) is 0 Å². The molecule has 2 saturated heterocycles. The fourth-order valence-corrected chi connectivity index (χ4v) is 4.33. The summed E-state index contributed by atoms with van der Waals surface area (Å²) in [4.78, 5) is 27.2. The molecule has 2 aliphatic heterocycles. The first-order valence-corrected chi connectivity index (χ1v) is 9.48. The monoisotopic (exact) mass is 376 g/mol. The van der Waals surface area contributed by atoms with E-state index in [2.05, 4.69) is 4.90 Å². The normalized spacial score (nSPS) is 22.1. The zero-order valence-corrected chi connectivity index (χ0v) is 15.8. The van der Waals surface area contributed by atoms with Crippen molar-refractivity contribution < 1.29 is 24.5 Å². The van der Waals surface area contributed by atoms with Crippen LogP contribution in [0.2, 0.25) is 0 Å². The summed E-state index contributed by atoms with van der Waals surface area (Å²) < 4.78 is 5.62. The standard InChI is InChI=1S/C20H28N2O5/c1-15(24)22-14-20(12-17(22)19(25)26)6-8-21(9-7-20)13-16-4-2-3-5-18(16)27-11-10-23/h2-5,17,23H,6-14H2,1H3,(H,25,26). The number of rotatable bonds is 6. The van der Waals surface area contributed by atoms with Crippen molar-refractivity contribution in [3.8, 4) is 5.75 Å². The predicted octanol–water partition coefficient (Wildman–Crippen LogP) is 1.35. The van der Waals surface area contributed by atoms with Crippen LogP contribution in [0.25, 0.3) is 0 Å². The van der Waals surface area contributed by atoms with Crippen molar-refractivity contribution in [2.75, 3.05) is 32.8 Å². The van der Waals surface area contributed by atoms with Crippen LogP contribution in [0.3, 0.4) is 0 Å². The number of carboxylic acids is 1. The van der Waals surface area contributed by atoms with Crippen LogP contribution in [0.4, 0.5) is 0 Å². The van der Waals surface area contributed by atoms with Gasteiger partial charge in [0.15, 0.2) is 0 Å². The maximum Gasteiger partial charge on any atom is 0.326 e. The number of ether oxygens (including phenoxy) is 1. The fourth-order valence-electron chi connectivity index (χ4n) is 4.33. The number of aliphatic carboxylic acids is 1. The summed E-state index contributed by atoms with van der Waals surface area (Å²) in [6.45, 7) is 4.75. The van der Waals surface area contributed by atoms with Crippen molar-refractivity contribution in [2.24, 2.45) is 5.41 Å². The number of carboxylic acid groups (broad SMARTS) is 1. The highest BCUT2D eigenvalue weighted by molar-refractivity contribution is 5.83. The second-order valence-electron chi connectivity index (χ2n) is 7.66. The molecule has 0 aromatic heterocycles. The van der Waals surface area contributed by atoms with E-state index in [4.69, 9.17) is 9.84 Å². The number of hydrogen-bond acceptors (Lipinski definition) is 5. The third-order valence-electron chi connectivity index (χ3n) is 5.83. The Morgan fingerprint density at radius 3 is 2.56 bits per heavy atom. The summed E-state index contributed by atoms with van der Waals surface area (Å²) in [6, 6.07) is 7.15. The molecule has 1 atom stereocenters. The largest absolute Gasteiger partial charge is 0.491 e. The zero-order chi connectivity index (χ0) is 19.4. The number of para-hydroxylation sites is 1. The van der Waals surface area contributed by atoms with Crippen molar-refractivity contribution in [2.45, 2.75) is 38.8 Å².